The minimum absolute atomic E-state index is 0.445. The van der Waals surface area contributed by atoms with Crippen molar-refractivity contribution in [2.24, 2.45) is 0 Å². The summed E-state index contributed by atoms with van der Waals surface area (Å²) in [6.07, 6.45) is 0. The summed E-state index contributed by atoms with van der Waals surface area (Å²) in [5.41, 5.74) is 5.79. The van der Waals surface area contributed by atoms with Crippen LogP contribution in [0.25, 0.3) is 0 Å². The second-order valence-corrected chi connectivity index (χ2v) is 7.95. The van der Waals surface area contributed by atoms with Gasteiger partial charge in [0, 0.05) is 21.7 Å². The van der Waals surface area contributed by atoms with Gasteiger partial charge in [0.1, 0.15) is 6.61 Å². The largest absolute Gasteiger partial charge is 0.493 e. The first-order chi connectivity index (χ1) is 13.5. The highest BCUT2D eigenvalue weighted by Gasteiger charge is 2.11. The first-order valence-corrected chi connectivity index (χ1v) is 10.2. The lowest BCUT2D eigenvalue weighted by molar-refractivity contribution is 0.284. The van der Waals surface area contributed by atoms with Gasteiger partial charge in [-0.15, -0.1) is 0 Å². The van der Waals surface area contributed by atoms with E-state index in [0.29, 0.717) is 29.7 Å². The van der Waals surface area contributed by atoms with Gasteiger partial charge in [-0.25, -0.2) is 0 Å². The van der Waals surface area contributed by atoms with E-state index in [1.807, 2.05) is 36.4 Å². The fourth-order valence-corrected chi connectivity index (χ4v) is 3.36. The Labute approximate surface area is 179 Å². The number of anilines is 1. The van der Waals surface area contributed by atoms with Gasteiger partial charge in [0.15, 0.2) is 11.5 Å². The lowest BCUT2D eigenvalue weighted by atomic mass is 10.1. The second kappa shape index (κ2) is 9.35. The normalized spacial score (nSPS) is 10.6. The molecular formula is C23H23BrClNO2. The minimum Gasteiger partial charge on any atom is -0.493 e. The van der Waals surface area contributed by atoms with E-state index in [1.54, 1.807) is 7.11 Å². The monoisotopic (exact) mass is 459 g/mol. The van der Waals surface area contributed by atoms with Gasteiger partial charge in [0.05, 0.1) is 7.11 Å². The van der Waals surface area contributed by atoms with Crippen molar-refractivity contribution in [1.29, 1.82) is 0 Å². The van der Waals surface area contributed by atoms with Gasteiger partial charge < -0.3 is 14.8 Å². The average Bonchev–Trinajstić information content (AvgIpc) is 2.69. The van der Waals surface area contributed by atoms with Crippen LogP contribution in [0.3, 0.4) is 0 Å². The van der Waals surface area contributed by atoms with Crippen LogP contribution in [0, 0.1) is 13.8 Å². The minimum atomic E-state index is 0.445. The zero-order valence-electron chi connectivity index (χ0n) is 16.2. The summed E-state index contributed by atoms with van der Waals surface area (Å²) in [6.45, 7) is 5.35. The SMILES string of the molecule is COc1cc(CNc2ccc(C)c(C)c2)c(Br)cc1OCc1ccc(Cl)cc1. The van der Waals surface area contributed by atoms with E-state index in [9.17, 15) is 0 Å². The molecule has 0 amide bonds. The van der Waals surface area contributed by atoms with E-state index in [4.69, 9.17) is 21.1 Å². The summed E-state index contributed by atoms with van der Waals surface area (Å²) in [6, 6.07) is 17.9. The number of aryl methyl sites for hydroxylation is 2. The molecule has 3 aromatic carbocycles. The zero-order chi connectivity index (χ0) is 20.1. The smallest absolute Gasteiger partial charge is 0.162 e. The Hall–Kier alpha value is -2.17. The predicted molar refractivity (Wildman–Crippen MR) is 120 cm³/mol. The van der Waals surface area contributed by atoms with Crippen molar-refractivity contribution in [2.45, 2.75) is 27.0 Å². The van der Waals surface area contributed by atoms with Crippen molar-refractivity contribution >= 4 is 33.2 Å². The Kier molecular flexibility index (Phi) is 6.87. The van der Waals surface area contributed by atoms with Crippen LogP contribution >= 0.6 is 27.5 Å². The second-order valence-electron chi connectivity index (χ2n) is 6.66. The van der Waals surface area contributed by atoms with Gasteiger partial charge in [-0.3, -0.25) is 0 Å². The van der Waals surface area contributed by atoms with Crippen molar-refractivity contribution in [3.05, 3.63) is 86.3 Å². The van der Waals surface area contributed by atoms with Crippen molar-refractivity contribution in [2.75, 3.05) is 12.4 Å². The van der Waals surface area contributed by atoms with Crippen LogP contribution in [0.15, 0.2) is 59.1 Å². The Bertz CT molecular complexity index is 958. The fourth-order valence-electron chi connectivity index (χ4n) is 2.78. The molecule has 0 heterocycles. The first kappa shape index (κ1) is 20.6. The molecule has 3 nitrogen and oxygen atoms in total. The number of hydrogen-bond acceptors (Lipinski definition) is 3. The number of rotatable bonds is 7. The molecular weight excluding hydrogens is 438 g/mol. The highest BCUT2D eigenvalue weighted by atomic mass is 79.9. The fraction of sp³-hybridized carbons (Fsp3) is 0.217. The molecule has 0 bridgehead atoms. The third-order valence-corrected chi connectivity index (χ3v) is 5.62. The Morgan fingerprint density at radius 1 is 0.929 bits per heavy atom. The molecule has 0 aliphatic rings. The van der Waals surface area contributed by atoms with Gasteiger partial charge in [0.25, 0.3) is 0 Å². The van der Waals surface area contributed by atoms with Crippen molar-refractivity contribution in [3.63, 3.8) is 0 Å². The number of benzene rings is 3. The lowest BCUT2D eigenvalue weighted by Gasteiger charge is -2.15. The van der Waals surface area contributed by atoms with E-state index in [0.717, 1.165) is 21.3 Å². The van der Waals surface area contributed by atoms with Crippen LogP contribution in [0.1, 0.15) is 22.3 Å². The summed E-state index contributed by atoms with van der Waals surface area (Å²) >= 11 is 9.58. The molecule has 28 heavy (non-hydrogen) atoms. The Morgan fingerprint density at radius 2 is 1.68 bits per heavy atom. The first-order valence-electron chi connectivity index (χ1n) is 9.01. The maximum absolute atomic E-state index is 5.96. The van der Waals surface area contributed by atoms with E-state index < -0.39 is 0 Å². The summed E-state index contributed by atoms with van der Waals surface area (Å²) in [5, 5.41) is 4.18. The molecule has 146 valence electrons. The number of hydrogen-bond donors (Lipinski definition) is 1. The van der Waals surface area contributed by atoms with Gasteiger partial charge in [-0.1, -0.05) is 45.7 Å². The van der Waals surface area contributed by atoms with Gasteiger partial charge >= 0.3 is 0 Å². The Morgan fingerprint density at radius 3 is 2.36 bits per heavy atom. The molecule has 0 aromatic heterocycles. The molecule has 1 N–H and O–H groups in total. The standard InChI is InChI=1S/C23H23BrClNO2/c1-15-4-9-20(10-16(15)2)26-13-18-11-22(27-3)23(12-21(18)24)28-14-17-5-7-19(25)8-6-17/h4-12,26H,13-14H2,1-3H3. The molecule has 0 aliphatic heterocycles. The summed E-state index contributed by atoms with van der Waals surface area (Å²) in [7, 11) is 1.65. The predicted octanol–water partition coefficient (Wildman–Crippen LogP) is 6.92. The average molecular weight is 461 g/mol. The van der Waals surface area contributed by atoms with Crippen molar-refractivity contribution < 1.29 is 9.47 Å². The van der Waals surface area contributed by atoms with E-state index in [2.05, 4.69) is 53.3 Å². The van der Waals surface area contributed by atoms with E-state index in [1.165, 1.54) is 11.1 Å². The van der Waals surface area contributed by atoms with Gasteiger partial charge in [-0.2, -0.15) is 0 Å². The van der Waals surface area contributed by atoms with Crippen molar-refractivity contribution in [1.82, 2.24) is 0 Å². The molecule has 0 atom stereocenters. The summed E-state index contributed by atoms with van der Waals surface area (Å²) < 4.78 is 12.5. The summed E-state index contributed by atoms with van der Waals surface area (Å²) in [4.78, 5) is 0. The molecule has 0 saturated heterocycles. The highest BCUT2D eigenvalue weighted by molar-refractivity contribution is 9.10. The zero-order valence-corrected chi connectivity index (χ0v) is 18.5. The van der Waals surface area contributed by atoms with E-state index >= 15 is 0 Å². The molecule has 5 heteroatoms. The lowest BCUT2D eigenvalue weighted by Crippen LogP contribution is -2.03. The van der Waals surface area contributed by atoms with Crippen LogP contribution in [0.2, 0.25) is 5.02 Å². The van der Waals surface area contributed by atoms with Crippen LogP contribution in [-0.4, -0.2) is 7.11 Å². The molecule has 3 aromatic rings. The van der Waals surface area contributed by atoms with Crippen LogP contribution in [0.4, 0.5) is 5.69 Å². The highest BCUT2D eigenvalue weighted by Crippen LogP contribution is 2.34. The topological polar surface area (TPSA) is 30.5 Å². The number of nitrogens with one attached hydrogen (secondary N) is 1. The maximum Gasteiger partial charge on any atom is 0.162 e. The van der Waals surface area contributed by atoms with Crippen LogP contribution in [0.5, 0.6) is 11.5 Å². The molecule has 0 unspecified atom stereocenters. The summed E-state index contributed by atoms with van der Waals surface area (Å²) in [5.74, 6) is 1.40. The number of methoxy groups -OCH3 is 1. The Balaban J connectivity index is 1.71. The number of halogens is 2. The van der Waals surface area contributed by atoms with Crippen molar-refractivity contribution in [3.8, 4) is 11.5 Å². The quantitative estimate of drug-likeness (QED) is 0.415. The maximum atomic E-state index is 5.96. The number of ether oxygens (including phenoxy) is 2. The van der Waals surface area contributed by atoms with Crippen LogP contribution < -0.4 is 14.8 Å². The molecule has 0 radical (unpaired) electrons. The molecule has 0 aliphatic carbocycles. The molecule has 0 fully saturated rings. The van der Waals surface area contributed by atoms with E-state index in [-0.39, 0.29) is 0 Å². The third-order valence-electron chi connectivity index (χ3n) is 4.63. The third kappa shape index (κ3) is 5.21. The molecule has 0 saturated carbocycles. The molecule has 0 spiro atoms. The van der Waals surface area contributed by atoms with Gasteiger partial charge in [0.2, 0.25) is 0 Å². The molecule has 3 rings (SSSR count). The van der Waals surface area contributed by atoms with Gasteiger partial charge in [-0.05, 0) is 72.5 Å². The van der Waals surface area contributed by atoms with Crippen LogP contribution in [-0.2, 0) is 13.2 Å².